The zero-order valence-electron chi connectivity index (χ0n) is 16.9. The number of carbonyl (C=O) groups is 2. The molecule has 1 atom stereocenters. The molecule has 2 aromatic carbocycles. The zero-order valence-corrected chi connectivity index (χ0v) is 16.9. The fraction of sp³-hybridized carbons (Fsp3) is 0.182. The first kappa shape index (κ1) is 21.7. The lowest BCUT2D eigenvalue weighted by atomic mass is 10.2. The Labute approximate surface area is 177 Å². The Kier molecular flexibility index (Phi) is 6.76. The molecule has 3 rings (SSSR count). The topological polar surface area (TPSA) is 99.5 Å². The summed E-state index contributed by atoms with van der Waals surface area (Å²) in [6.07, 6.45) is -0.934. The molecule has 0 aliphatic rings. The van der Waals surface area contributed by atoms with Crippen molar-refractivity contribution in [3.05, 3.63) is 82.4 Å². The van der Waals surface area contributed by atoms with E-state index in [4.69, 9.17) is 9.47 Å². The maximum absolute atomic E-state index is 13.1. The lowest BCUT2D eigenvalue weighted by Gasteiger charge is -2.15. The standard InChI is InChI=1S/C22H20FN3O5/c1-3-30-22(29)15-4-8-17(9-5-15)24-21(28)14(2)31-19-12-13-20(27)26(25-19)18-10-6-16(23)7-11-18/h4-14H,3H2,1-2H3,(H,24,28)/t14-/m1/s1. The lowest BCUT2D eigenvalue weighted by Crippen LogP contribution is -2.31. The number of benzene rings is 2. The van der Waals surface area contributed by atoms with Crippen molar-refractivity contribution in [2.24, 2.45) is 0 Å². The molecular weight excluding hydrogens is 405 g/mol. The molecule has 0 spiro atoms. The Morgan fingerprint density at radius 3 is 2.39 bits per heavy atom. The first-order valence-corrected chi connectivity index (χ1v) is 9.48. The van der Waals surface area contributed by atoms with E-state index in [1.807, 2.05) is 0 Å². The van der Waals surface area contributed by atoms with Gasteiger partial charge in [0.1, 0.15) is 5.82 Å². The molecule has 1 N–H and O–H groups in total. The number of hydrogen-bond donors (Lipinski definition) is 1. The van der Waals surface area contributed by atoms with E-state index in [0.29, 0.717) is 16.9 Å². The molecule has 0 radical (unpaired) electrons. The normalized spacial score (nSPS) is 11.5. The molecule has 1 heterocycles. The van der Waals surface area contributed by atoms with Crippen LogP contribution in [0.2, 0.25) is 0 Å². The van der Waals surface area contributed by atoms with Crippen LogP contribution in [0.1, 0.15) is 24.2 Å². The Morgan fingerprint density at radius 1 is 1.06 bits per heavy atom. The van der Waals surface area contributed by atoms with Crippen LogP contribution in [-0.2, 0) is 9.53 Å². The second-order valence-corrected chi connectivity index (χ2v) is 6.45. The molecule has 160 valence electrons. The molecular formula is C22H20FN3O5. The molecule has 9 heteroatoms. The van der Waals surface area contributed by atoms with E-state index in [1.165, 1.54) is 43.3 Å². The molecule has 8 nitrogen and oxygen atoms in total. The average molecular weight is 425 g/mol. The maximum atomic E-state index is 13.1. The minimum absolute atomic E-state index is 0.0456. The fourth-order valence-electron chi connectivity index (χ4n) is 2.61. The van der Waals surface area contributed by atoms with Gasteiger partial charge < -0.3 is 14.8 Å². The van der Waals surface area contributed by atoms with Gasteiger partial charge in [0.05, 0.1) is 17.9 Å². The van der Waals surface area contributed by atoms with Gasteiger partial charge >= 0.3 is 5.97 Å². The highest BCUT2D eigenvalue weighted by molar-refractivity contribution is 5.95. The molecule has 0 aliphatic heterocycles. The molecule has 0 saturated carbocycles. The van der Waals surface area contributed by atoms with Gasteiger partial charge in [0.25, 0.3) is 11.5 Å². The van der Waals surface area contributed by atoms with Crippen LogP contribution in [0.25, 0.3) is 5.69 Å². The predicted octanol–water partition coefficient (Wildman–Crippen LogP) is 2.95. The number of anilines is 1. The summed E-state index contributed by atoms with van der Waals surface area (Å²) in [5.74, 6) is -1.29. The molecule has 0 bridgehead atoms. The number of hydrogen-bond acceptors (Lipinski definition) is 6. The van der Waals surface area contributed by atoms with Crippen molar-refractivity contribution >= 4 is 17.6 Å². The van der Waals surface area contributed by atoms with E-state index in [-0.39, 0.29) is 12.5 Å². The number of rotatable bonds is 7. The van der Waals surface area contributed by atoms with Crippen LogP contribution >= 0.6 is 0 Å². The Bertz CT molecular complexity index is 1130. The first-order chi connectivity index (χ1) is 14.9. The number of halogens is 1. The van der Waals surface area contributed by atoms with Crippen LogP contribution in [0, 0.1) is 5.82 Å². The summed E-state index contributed by atoms with van der Waals surface area (Å²) < 4.78 is 24.6. The SMILES string of the molecule is CCOC(=O)c1ccc(NC(=O)[C@@H](C)Oc2ccc(=O)n(-c3ccc(F)cc3)n2)cc1. The highest BCUT2D eigenvalue weighted by Gasteiger charge is 2.17. The van der Waals surface area contributed by atoms with Gasteiger partial charge in [0.2, 0.25) is 5.88 Å². The van der Waals surface area contributed by atoms with Crippen molar-refractivity contribution in [2.75, 3.05) is 11.9 Å². The van der Waals surface area contributed by atoms with Crippen LogP contribution in [0.5, 0.6) is 5.88 Å². The second kappa shape index (κ2) is 9.66. The molecule has 0 fully saturated rings. The Hall–Kier alpha value is -4.01. The third-order valence-corrected chi connectivity index (χ3v) is 4.18. The van der Waals surface area contributed by atoms with Crippen molar-refractivity contribution in [3.63, 3.8) is 0 Å². The molecule has 1 amide bonds. The van der Waals surface area contributed by atoms with E-state index in [1.54, 1.807) is 31.2 Å². The summed E-state index contributed by atoms with van der Waals surface area (Å²) in [6.45, 7) is 3.51. The molecule has 0 aliphatic carbocycles. The number of ether oxygens (including phenoxy) is 2. The molecule has 1 aromatic heterocycles. The monoisotopic (exact) mass is 425 g/mol. The molecule has 31 heavy (non-hydrogen) atoms. The third-order valence-electron chi connectivity index (χ3n) is 4.18. The smallest absolute Gasteiger partial charge is 0.338 e. The van der Waals surface area contributed by atoms with Crippen molar-refractivity contribution in [1.82, 2.24) is 9.78 Å². The van der Waals surface area contributed by atoms with Crippen LogP contribution in [-0.4, -0.2) is 34.4 Å². The molecule has 0 unspecified atom stereocenters. The Balaban J connectivity index is 1.67. The summed E-state index contributed by atoms with van der Waals surface area (Å²) in [5.41, 5.74) is 0.766. The molecule has 0 saturated heterocycles. The van der Waals surface area contributed by atoms with E-state index in [2.05, 4.69) is 10.4 Å². The van der Waals surface area contributed by atoms with Crippen LogP contribution < -0.4 is 15.6 Å². The minimum atomic E-state index is -0.934. The largest absolute Gasteiger partial charge is 0.463 e. The van der Waals surface area contributed by atoms with Gasteiger partial charge in [-0.3, -0.25) is 9.59 Å². The van der Waals surface area contributed by atoms with E-state index in [0.717, 1.165) is 4.68 Å². The van der Waals surface area contributed by atoms with E-state index < -0.39 is 29.4 Å². The minimum Gasteiger partial charge on any atom is -0.463 e. The quantitative estimate of drug-likeness (QED) is 0.585. The zero-order chi connectivity index (χ0) is 22.4. The van der Waals surface area contributed by atoms with Gasteiger partial charge in [-0.2, -0.15) is 4.68 Å². The van der Waals surface area contributed by atoms with Crippen molar-refractivity contribution < 1.29 is 23.5 Å². The number of carbonyl (C=O) groups excluding carboxylic acids is 2. The predicted molar refractivity (Wildman–Crippen MR) is 111 cm³/mol. The fourth-order valence-corrected chi connectivity index (χ4v) is 2.61. The highest BCUT2D eigenvalue weighted by Crippen LogP contribution is 2.13. The maximum Gasteiger partial charge on any atom is 0.338 e. The summed E-state index contributed by atoms with van der Waals surface area (Å²) in [7, 11) is 0. The average Bonchev–Trinajstić information content (AvgIpc) is 2.76. The van der Waals surface area contributed by atoms with Crippen molar-refractivity contribution in [2.45, 2.75) is 20.0 Å². The molecule has 3 aromatic rings. The van der Waals surface area contributed by atoms with Gasteiger partial charge in [0.15, 0.2) is 6.10 Å². The summed E-state index contributed by atoms with van der Waals surface area (Å²) in [4.78, 5) is 36.2. The number of nitrogens with zero attached hydrogens (tertiary/aromatic N) is 2. The summed E-state index contributed by atoms with van der Waals surface area (Å²) >= 11 is 0. The lowest BCUT2D eigenvalue weighted by molar-refractivity contribution is -0.122. The van der Waals surface area contributed by atoms with Crippen LogP contribution in [0.3, 0.4) is 0 Å². The van der Waals surface area contributed by atoms with E-state index in [9.17, 15) is 18.8 Å². The number of aromatic nitrogens is 2. The van der Waals surface area contributed by atoms with Gasteiger partial charge in [0, 0.05) is 17.8 Å². The first-order valence-electron chi connectivity index (χ1n) is 9.48. The van der Waals surface area contributed by atoms with Crippen LogP contribution in [0.4, 0.5) is 10.1 Å². The summed E-state index contributed by atoms with van der Waals surface area (Å²) in [5, 5.41) is 6.75. The third kappa shape index (κ3) is 5.53. The van der Waals surface area contributed by atoms with Gasteiger partial charge in [-0.1, -0.05) is 0 Å². The van der Waals surface area contributed by atoms with Crippen LogP contribution in [0.15, 0.2) is 65.5 Å². The number of amides is 1. The van der Waals surface area contributed by atoms with Gasteiger partial charge in [-0.05, 0) is 62.4 Å². The number of nitrogens with one attached hydrogen (secondary N) is 1. The van der Waals surface area contributed by atoms with Crippen molar-refractivity contribution in [1.29, 1.82) is 0 Å². The Morgan fingerprint density at radius 2 is 1.74 bits per heavy atom. The van der Waals surface area contributed by atoms with Crippen molar-refractivity contribution in [3.8, 4) is 11.6 Å². The van der Waals surface area contributed by atoms with Gasteiger partial charge in [-0.15, -0.1) is 5.10 Å². The highest BCUT2D eigenvalue weighted by atomic mass is 19.1. The van der Waals surface area contributed by atoms with E-state index >= 15 is 0 Å². The van der Waals surface area contributed by atoms with Gasteiger partial charge in [-0.25, -0.2) is 9.18 Å². The number of esters is 1. The second-order valence-electron chi connectivity index (χ2n) is 6.45. The summed E-state index contributed by atoms with van der Waals surface area (Å²) in [6, 6.07) is 14.0.